The molecule has 1 aliphatic rings. The van der Waals surface area contributed by atoms with Crippen LogP contribution in [0.4, 0.5) is 0 Å². The lowest BCUT2D eigenvalue weighted by Gasteiger charge is -2.23. The number of nitrogens with zero attached hydrogens (tertiary/aromatic N) is 3. The first-order valence-corrected chi connectivity index (χ1v) is 11.3. The molecule has 0 spiro atoms. The minimum atomic E-state index is -0.563. The number of aromatic nitrogens is 2. The zero-order valence-corrected chi connectivity index (χ0v) is 18.1. The second-order valence-electron chi connectivity index (χ2n) is 7.47. The van der Waals surface area contributed by atoms with Crippen LogP contribution in [0.1, 0.15) is 21.6 Å². The van der Waals surface area contributed by atoms with Gasteiger partial charge in [-0.3, -0.25) is 9.59 Å². The van der Waals surface area contributed by atoms with Crippen molar-refractivity contribution >= 4 is 34.7 Å². The van der Waals surface area contributed by atoms with Gasteiger partial charge in [0.05, 0.1) is 28.8 Å². The van der Waals surface area contributed by atoms with Gasteiger partial charge in [0.1, 0.15) is 11.7 Å². The number of benzene rings is 1. The van der Waals surface area contributed by atoms with Crippen LogP contribution in [0.25, 0.3) is 22.6 Å². The highest BCUT2D eigenvalue weighted by Crippen LogP contribution is 2.31. The highest BCUT2D eigenvalue weighted by molar-refractivity contribution is 7.99. The molecule has 1 aromatic carbocycles. The summed E-state index contributed by atoms with van der Waals surface area (Å²) in [6, 6.07) is 14.3. The van der Waals surface area contributed by atoms with Crippen LogP contribution in [0, 0.1) is 6.92 Å². The Bertz CT molecular complexity index is 1270. The number of furan rings is 1. The van der Waals surface area contributed by atoms with Gasteiger partial charge in [0, 0.05) is 12.3 Å². The summed E-state index contributed by atoms with van der Waals surface area (Å²) in [5.74, 6) is 1.04. The van der Waals surface area contributed by atoms with Crippen molar-refractivity contribution in [1.29, 1.82) is 0 Å². The van der Waals surface area contributed by atoms with Crippen molar-refractivity contribution in [2.45, 2.75) is 19.5 Å². The summed E-state index contributed by atoms with van der Waals surface area (Å²) in [5.41, 5.74) is 2.70. The van der Waals surface area contributed by atoms with Gasteiger partial charge in [0.25, 0.3) is 11.6 Å². The normalized spacial score (nSPS) is 15.9. The molecule has 1 N–H and O–H groups in total. The van der Waals surface area contributed by atoms with Crippen molar-refractivity contribution in [3.05, 3.63) is 71.6 Å². The number of carbonyl (C=O) groups is 2. The number of carbonyl (C=O) groups excluding carboxylic acids is 2. The van der Waals surface area contributed by atoms with E-state index in [0.29, 0.717) is 46.3 Å². The van der Waals surface area contributed by atoms with Crippen LogP contribution in [0.3, 0.4) is 0 Å². The Morgan fingerprint density at radius 2 is 2.06 bits per heavy atom. The maximum atomic E-state index is 13.6. The average molecular weight is 449 g/mol. The molecule has 4 aromatic rings. The predicted octanol–water partition coefficient (Wildman–Crippen LogP) is 3.62. The Labute approximate surface area is 188 Å². The summed E-state index contributed by atoms with van der Waals surface area (Å²) >= 11 is 1.55. The van der Waals surface area contributed by atoms with Gasteiger partial charge in [-0.05, 0) is 30.7 Å². The molecule has 3 aromatic heterocycles. The molecule has 4 heterocycles. The minimum absolute atomic E-state index is 0.175. The molecule has 8 nitrogen and oxygen atoms in total. The summed E-state index contributed by atoms with van der Waals surface area (Å²) < 4.78 is 10.8. The van der Waals surface area contributed by atoms with Crippen LogP contribution >= 0.6 is 11.8 Å². The fourth-order valence-corrected chi connectivity index (χ4v) is 4.89. The lowest BCUT2D eigenvalue weighted by molar-refractivity contribution is -0.124. The second-order valence-corrected chi connectivity index (χ2v) is 8.47. The van der Waals surface area contributed by atoms with Gasteiger partial charge in [-0.25, -0.2) is 4.98 Å². The minimum Gasteiger partial charge on any atom is -0.463 e. The largest absolute Gasteiger partial charge is 0.463 e. The van der Waals surface area contributed by atoms with Crippen LogP contribution < -0.4 is 5.32 Å². The van der Waals surface area contributed by atoms with E-state index in [1.165, 1.54) is 0 Å². The number of aryl methyl sites for hydroxylation is 1. The molecular formula is C23H20N4O4S. The van der Waals surface area contributed by atoms with E-state index >= 15 is 0 Å². The van der Waals surface area contributed by atoms with E-state index in [-0.39, 0.29) is 17.5 Å². The highest BCUT2D eigenvalue weighted by atomic mass is 32.2. The van der Waals surface area contributed by atoms with Gasteiger partial charge in [0.2, 0.25) is 5.91 Å². The number of thioether (sulfide) groups is 1. The highest BCUT2D eigenvalue weighted by Gasteiger charge is 2.36. The van der Waals surface area contributed by atoms with Crippen LogP contribution in [0.2, 0.25) is 0 Å². The number of hydrogen-bond acceptors (Lipinski definition) is 7. The van der Waals surface area contributed by atoms with E-state index in [0.717, 1.165) is 5.56 Å². The molecule has 1 atom stereocenters. The molecular weight excluding hydrogens is 428 g/mol. The van der Waals surface area contributed by atoms with Crippen molar-refractivity contribution in [1.82, 2.24) is 20.4 Å². The summed E-state index contributed by atoms with van der Waals surface area (Å²) in [5, 5.41) is 7.48. The molecule has 0 bridgehead atoms. The van der Waals surface area contributed by atoms with Crippen LogP contribution in [-0.2, 0) is 11.3 Å². The summed E-state index contributed by atoms with van der Waals surface area (Å²) in [7, 11) is 0. The Balaban J connectivity index is 1.44. The van der Waals surface area contributed by atoms with Crippen molar-refractivity contribution < 1.29 is 18.5 Å². The van der Waals surface area contributed by atoms with Gasteiger partial charge in [-0.15, -0.1) is 11.8 Å². The van der Waals surface area contributed by atoms with Crippen LogP contribution in [0.5, 0.6) is 0 Å². The topological polar surface area (TPSA) is 101 Å². The maximum absolute atomic E-state index is 13.6. The maximum Gasteiger partial charge on any atom is 0.259 e. The molecule has 0 radical (unpaired) electrons. The van der Waals surface area contributed by atoms with Crippen LogP contribution in [-0.4, -0.2) is 44.5 Å². The third kappa shape index (κ3) is 3.75. The Hall–Kier alpha value is -3.59. The van der Waals surface area contributed by atoms with Gasteiger partial charge in [0.15, 0.2) is 5.76 Å². The van der Waals surface area contributed by atoms with Crippen LogP contribution in [0.15, 0.2) is 63.7 Å². The molecule has 0 saturated carbocycles. The van der Waals surface area contributed by atoms with E-state index in [4.69, 9.17) is 8.94 Å². The van der Waals surface area contributed by atoms with Gasteiger partial charge >= 0.3 is 0 Å². The number of nitrogens with one attached hydrogen (secondary N) is 1. The molecule has 2 amide bonds. The zero-order valence-electron chi connectivity index (χ0n) is 17.3. The van der Waals surface area contributed by atoms with E-state index in [9.17, 15) is 9.59 Å². The fraction of sp³-hybridized carbons (Fsp3) is 0.217. The fourth-order valence-electron chi connectivity index (χ4n) is 3.73. The molecule has 1 saturated heterocycles. The average Bonchev–Trinajstić information content (AvgIpc) is 3.58. The van der Waals surface area contributed by atoms with Gasteiger partial charge in [-0.1, -0.05) is 35.5 Å². The number of rotatable bonds is 5. The number of amides is 2. The molecule has 0 unspecified atom stereocenters. The standard InChI is InChI=1S/C23H20N4O4S/c1-14-20-16(10-17(19-8-5-9-30-19)25-22(20)31-26-14)23(29)27-13-32-12-18(27)21(28)24-11-15-6-3-2-4-7-15/h2-10,18H,11-13H2,1H3,(H,24,28)/t18-/m1/s1. The Morgan fingerprint density at radius 1 is 1.22 bits per heavy atom. The Morgan fingerprint density at radius 3 is 2.84 bits per heavy atom. The quantitative estimate of drug-likeness (QED) is 0.497. The summed E-state index contributed by atoms with van der Waals surface area (Å²) in [6.07, 6.45) is 1.54. The Kier molecular flexibility index (Phi) is 5.40. The molecule has 32 heavy (non-hydrogen) atoms. The third-order valence-electron chi connectivity index (χ3n) is 5.38. The first kappa shape index (κ1) is 20.3. The molecule has 5 rings (SSSR count). The first-order chi connectivity index (χ1) is 15.6. The van der Waals surface area contributed by atoms with E-state index < -0.39 is 6.04 Å². The lowest BCUT2D eigenvalue weighted by atomic mass is 10.1. The van der Waals surface area contributed by atoms with E-state index in [1.54, 1.807) is 48.0 Å². The van der Waals surface area contributed by atoms with Crippen molar-refractivity contribution in [3.63, 3.8) is 0 Å². The second kappa shape index (κ2) is 8.51. The van der Waals surface area contributed by atoms with E-state index in [1.807, 2.05) is 30.3 Å². The molecule has 1 fully saturated rings. The molecule has 162 valence electrons. The monoisotopic (exact) mass is 448 g/mol. The van der Waals surface area contributed by atoms with Crippen molar-refractivity contribution in [3.8, 4) is 11.5 Å². The predicted molar refractivity (Wildman–Crippen MR) is 120 cm³/mol. The first-order valence-electron chi connectivity index (χ1n) is 10.1. The molecule has 0 aliphatic carbocycles. The summed E-state index contributed by atoms with van der Waals surface area (Å²) in [6.45, 7) is 2.18. The zero-order chi connectivity index (χ0) is 22.1. The number of fused-ring (bicyclic) bond motifs is 1. The lowest BCUT2D eigenvalue weighted by Crippen LogP contribution is -2.47. The van der Waals surface area contributed by atoms with Crippen molar-refractivity contribution in [2.75, 3.05) is 11.6 Å². The molecule has 9 heteroatoms. The number of pyridine rings is 1. The van der Waals surface area contributed by atoms with Gasteiger partial charge < -0.3 is 19.2 Å². The van der Waals surface area contributed by atoms with Gasteiger partial charge in [-0.2, -0.15) is 0 Å². The summed E-state index contributed by atoms with van der Waals surface area (Å²) in [4.78, 5) is 32.6. The van der Waals surface area contributed by atoms with Crippen molar-refractivity contribution in [2.24, 2.45) is 0 Å². The smallest absolute Gasteiger partial charge is 0.259 e. The molecule has 1 aliphatic heterocycles. The third-order valence-corrected chi connectivity index (χ3v) is 6.39. The SMILES string of the molecule is Cc1noc2nc(-c3ccco3)cc(C(=O)N3CSC[C@@H]3C(=O)NCc3ccccc3)c12. The number of hydrogen-bond donors (Lipinski definition) is 1. The van der Waals surface area contributed by atoms with E-state index in [2.05, 4.69) is 15.5 Å².